The highest BCUT2D eigenvalue weighted by atomic mass is 16.5. The van der Waals surface area contributed by atoms with Crippen LogP contribution in [0, 0.1) is 11.8 Å². The SMILES string of the molecule is CCC1CCCN1CCOc1cccc(C#CCN)c1. The number of benzene rings is 1. The summed E-state index contributed by atoms with van der Waals surface area (Å²) in [7, 11) is 0. The molecule has 1 atom stereocenters. The Morgan fingerprint density at radius 3 is 3.15 bits per heavy atom. The van der Waals surface area contributed by atoms with Crippen molar-refractivity contribution < 1.29 is 4.74 Å². The maximum atomic E-state index is 5.84. The third-order valence-electron chi connectivity index (χ3n) is 3.79. The van der Waals surface area contributed by atoms with Crippen LogP contribution in [0.25, 0.3) is 0 Å². The van der Waals surface area contributed by atoms with Gasteiger partial charge < -0.3 is 10.5 Å². The van der Waals surface area contributed by atoms with Crippen LogP contribution in [-0.2, 0) is 0 Å². The lowest BCUT2D eigenvalue weighted by Gasteiger charge is -2.23. The van der Waals surface area contributed by atoms with E-state index in [-0.39, 0.29) is 0 Å². The molecule has 1 saturated heterocycles. The third-order valence-corrected chi connectivity index (χ3v) is 3.79. The molecule has 1 aliphatic heterocycles. The molecule has 1 aliphatic rings. The molecule has 2 rings (SSSR count). The van der Waals surface area contributed by atoms with Crippen LogP contribution in [0.2, 0.25) is 0 Å². The highest BCUT2D eigenvalue weighted by Gasteiger charge is 2.21. The van der Waals surface area contributed by atoms with E-state index in [4.69, 9.17) is 10.5 Å². The van der Waals surface area contributed by atoms with E-state index in [1.165, 1.54) is 25.8 Å². The number of rotatable bonds is 5. The molecule has 1 unspecified atom stereocenters. The minimum absolute atomic E-state index is 0.387. The van der Waals surface area contributed by atoms with Gasteiger partial charge in [-0.2, -0.15) is 0 Å². The highest BCUT2D eigenvalue weighted by molar-refractivity contribution is 5.39. The van der Waals surface area contributed by atoms with Gasteiger partial charge in [0, 0.05) is 18.2 Å². The van der Waals surface area contributed by atoms with Crippen LogP contribution >= 0.6 is 0 Å². The zero-order chi connectivity index (χ0) is 14.2. The summed E-state index contributed by atoms with van der Waals surface area (Å²) >= 11 is 0. The van der Waals surface area contributed by atoms with Crippen LogP contribution in [0.3, 0.4) is 0 Å². The average molecular weight is 272 g/mol. The molecule has 3 nitrogen and oxygen atoms in total. The predicted molar refractivity (Wildman–Crippen MR) is 82.8 cm³/mol. The van der Waals surface area contributed by atoms with Crippen molar-refractivity contribution in [3.05, 3.63) is 29.8 Å². The number of nitrogens with two attached hydrogens (primary N) is 1. The molecule has 0 amide bonds. The van der Waals surface area contributed by atoms with Gasteiger partial charge in [-0.05, 0) is 44.0 Å². The van der Waals surface area contributed by atoms with E-state index in [9.17, 15) is 0 Å². The molecular weight excluding hydrogens is 248 g/mol. The smallest absolute Gasteiger partial charge is 0.120 e. The van der Waals surface area contributed by atoms with Crippen molar-refractivity contribution in [2.45, 2.75) is 32.2 Å². The Hall–Kier alpha value is -1.50. The second-order valence-electron chi connectivity index (χ2n) is 5.12. The van der Waals surface area contributed by atoms with E-state index < -0.39 is 0 Å². The molecule has 1 heterocycles. The Balaban J connectivity index is 1.82. The minimum Gasteiger partial charge on any atom is -0.492 e. The first-order valence-corrected chi connectivity index (χ1v) is 7.49. The van der Waals surface area contributed by atoms with Gasteiger partial charge in [-0.15, -0.1) is 0 Å². The Morgan fingerprint density at radius 1 is 1.45 bits per heavy atom. The normalized spacial score (nSPS) is 18.6. The molecular formula is C17H24N2O. The fraction of sp³-hybridized carbons (Fsp3) is 0.529. The second kappa shape index (κ2) is 7.94. The molecule has 0 aromatic heterocycles. The van der Waals surface area contributed by atoms with Crippen LogP contribution in [-0.4, -0.2) is 37.2 Å². The topological polar surface area (TPSA) is 38.5 Å². The monoisotopic (exact) mass is 272 g/mol. The van der Waals surface area contributed by atoms with Crippen LogP contribution < -0.4 is 10.5 Å². The van der Waals surface area contributed by atoms with Gasteiger partial charge in [-0.25, -0.2) is 0 Å². The van der Waals surface area contributed by atoms with Crippen molar-refractivity contribution in [1.29, 1.82) is 0 Å². The van der Waals surface area contributed by atoms with E-state index in [0.29, 0.717) is 6.54 Å². The van der Waals surface area contributed by atoms with E-state index in [2.05, 4.69) is 23.7 Å². The molecule has 108 valence electrons. The molecule has 3 heteroatoms. The van der Waals surface area contributed by atoms with Gasteiger partial charge in [0.05, 0.1) is 6.54 Å². The number of hydrogen-bond donors (Lipinski definition) is 1. The third kappa shape index (κ3) is 4.26. The molecule has 1 aromatic rings. The molecule has 0 radical (unpaired) electrons. The van der Waals surface area contributed by atoms with Gasteiger partial charge in [0.1, 0.15) is 12.4 Å². The fourth-order valence-corrected chi connectivity index (χ4v) is 2.75. The first kappa shape index (κ1) is 14.9. The molecule has 0 saturated carbocycles. The van der Waals surface area contributed by atoms with Crippen molar-refractivity contribution in [3.8, 4) is 17.6 Å². The largest absolute Gasteiger partial charge is 0.492 e. The van der Waals surface area contributed by atoms with E-state index in [0.717, 1.165) is 30.5 Å². The Bertz CT molecular complexity index is 475. The quantitative estimate of drug-likeness (QED) is 0.836. The molecule has 2 N–H and O–H groups in total. The van der Waals surface area contributed by atoms with Gasteiger partial charge in [-0.1, -0.05) is 24.8 Å². The summed E-state index contributed by atoms with van der Waals surface area (Å²) in [5.74, 6) is 6.78. The van der Waals surface area contributed by atoms with Gasteiger partial charge in [-0.3, -0.25) is 4.90 Å². The number of nitrogens with zero attached hydrogens (tertiary/aromatic N) is 1. The maximum Gasteiger partial charge on any atom is 0.120 e. The average Bonchev–Trinajstić information content (AvgIpc) is 2.93. The van der Waals surface area contributed by atoms with Crippen molar-refractivity contribution in [1.82, 2.24) is 4.90 Å². The maximum absolute atomic E-state index is 5.84. The zero-order valence-electron chi connectivity index (χ0n) is 12.3. The summed E-state index contributed by atoms with van der Waals surface area (Å²) in [4.78, 5) is 2.54. The van der Waals surface area contributed by atoms with Gasteiger partial charge in [0.2, 0.25) is 0 Å². The number of likely N-dealkylation sites (tertiary alicyclic amines) is 1. The van der Waals surface area contributed by atoms with Gasteiger partial charge >= 0.3 is 0 Å². The summed E-state index contributed by atoms with van der Waals surface area (Å²) in [6.45, 7) is 5.62. The molecule has 0 spiro atoms. The van der Waals surface area contributed by atoms with Crippen molar-refractivity contribution >= 4 is 0 Å². The van der Waals surface area contributed by atoms with Gasteiger partial charge in [0.15, 0.2) is 0 Å². The number of ether oxygens (including phenoxy) is 1. The molecule has 1 aromatic carbocycles. The Labute approximate surface area is 122 Å². The van der Waals surface area contributed by atoms with E-state index in [1.54, 1.807) is 0 Å². The Morgan fingerprint density at radius 2 is 2.35 bits per heavy atom. The summed E-state index contributed by atoms with van der Waals surface area (Å²) in [6.07, 6.45) is 3.90. The lowest BCUT2D eigenvalue weighted by molar-refractivity contribution is 0.193. The van der Waals surface area contributed by atoms with Crippen LogP contribution in [0.5, 0.6) is 5.75 Å². The summed E-state index contributed by atoms with van der Waals surface area (Å²) in [6, 6.07) is 8.66. The van der Waals surface area contributed by atoms with Crippen molar-refractivity contribution in [2.24, 2.45) is 5.73 Å². The van der Waals surface area contributed by atoms with Crippen LogP contribution in [0.1, 0.15) is 31.7 Å². The van der Waals surface area contributed by atoms with Crippen LogP contribution in [0.4, 0.5) is 0 Å². The molecule has 20 heavy (non-hydrogen) atoms. The molecule has 0 bridgehead atoms. The molecule has 1 fully saturated rings. The first-order valence-electron chi connectivity index (χ1n) is 7.49. The van der Waals surface area contributed by atoms with Crippen molar-refractivity contribution in [3.63, 3.8) is 0 Å². The number of hydrogen-bond acceptors (Lipinski definition) is 3. The van der Waals surface area contributed by atoms with E-state index in [1.807, 2.05) is 24.3 Å². The summed E-state index contributed by atoms with van der Waals surface area (Å²) < 4.78 is 5.84. The fourth-order valence-electron chi connectivity index (χ4n) is 2.75. The zero-order valence-corrected chi connectivity index (χ0v) is 12.3. The van der Waals surface area contributed by atoms with Crippen LogP contribution in [0.15, 0.2) is 24.3 Å². The highest BCUT2D eigenvalue weighted by Crippen LogP contribution is 2.19. The second-order valence-corrected chi connectivity index (χ2v) is 5.12. The minimum atomic E-state index is 0.387. The van der Waals surface area contributed by atoms with Crippen molar-refractivity contribution in [2.75, 3.05) is 26.2 Å². The lowest BCUT2D eigenvalue weighted by Crippen LogP contribution is -2.32. The predicted octanol–water partition coefficient (Wildman–Crippen LogP) is 2.25. The summed E-state index contributed by atoms with van der Waals surface area (Å²) in [5.41, 5.74) is 6.34. The van der Waals surface area contributed by atoms with Gasteiger partial charge in [0.25, 0.3) is 0 Å². The van der Waals surface area contributed by atoms with E-state index >= 15 is 0 Å². The summed E-state index contributed by atoms with van der Waals surface area (Å²) in [5, 5.41) is 0. The molecule has 0 aliphatic carbocycles. The first-order chi connectivity index (χ1) is 9.83. The lowest BCUT2D eigenvalue weighted by atomic mass is 10.2. The Kier molecular flexibility index (Phi) is 5.91. The standard InChI is InChI=1S/C17H24N2O/c1-2-16-8-5-11-19(16)12-13-20-17-9-3-6-15(14-17)7-4-10-18/h3,6,9,14,16H,2,5,8,10-13,18H2,1H3.